The van der Waals surface area contributed by atoms with E-state index in [0.717, 1.165) is 5.69 Å². The molecule has 2 rings (SSSR count). The van der Waals surface area contributed by atoms with Gasteiger partial charge in [0.25, 0.3) is 5.91 Å². The van der Waals surface area contributed by atoms with Gasteiger partial charge in [0.05, 0.1) is 5.56 Å². The number of carbonyl (C=O) groups excluding carboxylic acids is 1. The van der Waals surface area contributed by atoms with Crippen molar-refractivity contribution in [3.8, 4) is 5.75 Å². The van der Waals surface area contributed by atoms with E-state index in [4.69, 9.17) is 9.84 Å². The quantitative estimate of drug-likeness (QED) is 0.916. The molecule has 0 fully saturated rings. The summed E-state index contributed by atoms with van der Waals surface area (Å²) in [5, 5.41) is 8.89. The van der Waals surface area contributed by atoms with E-state index in [1.807, 2.05) is 30.3 Å². The SMILES string of the molecule is CN(C(=O)COc1cccc(C(=O)O)c1)c1ccccc1. The lowest BCUT2D eigenvalue weighted by atomic mass is 10.2. The number of carbonyl (C=O) groups is 2. The molecule has 108 valence electrons. The number of ether oxygens (including phenoxy) is 1. The first-order valence-electron chi connectivity index (χ1n) is 6.35. The van der Waals surface area contributed by atoms with Crippen molar-refractivity contribution < 1.29 is 19.4 Å². The molecule has 0 heterocycles. The summed E-state index contributed by atoms with van der Waals surface area (Å²) in [5.74, 6) is -0.903. The third-order valence-corrected chi connectivity index (χ3v) is 2.96. The Morgan fingerprint density at radius 3 is 2.48 bits per heavy atom. The van der Waals surface area contributed by atoms with Crippen LogP contribution in [0.4, 0.5) is 5.69 Å². The number of benzene rings is 2. The number of anilines is 1. The van der Waals surface area contributed by atoms with Gasteiger partial charge >= 0.3 is 5.97 Å². The Bertz CT molecular complexity index is 640. The number of carboxylic acid groups (broad SMARTS) is 1. The van der Waals surface area contributed by atoms with E-state index < -0.39 is 5.97 Å². The molecule has 0 aliphatic rings. The number of nitrogens with zero attached hydrogens (tertiary/aromatic N) is 1. The third-order valence-electron chi connectivity index (χ3n) is 2.96. The van der Waals surface area contributed by atoms with Gasteiger partial charge < -0.3 is 14.7 Å². The fourth-order valence-electron chi connectivity index (χ4n) is 1.76. The first-order chi connectivity index (χ1) is 10.1. The molecule has 0 atom stereocenters. The standard InChI is InChI=1S/C16H15NO4/c1-17(13-7-3-2-4-8-13)15(18)11-21-14-9-5-6-12(10-14)16(19)20/h2-10H,11H2,1H3,(H,19,20). The molecule has 0 saturated heterocycles. The van der Waals surface area contributed by atoms with Gasteiger partial charge in [0, 0.05) is 12.7 Å². The summed E-state index contributed by atoms with van der Waals surface area (Å²) in [5.41, 5.74) is 0.891. The number of rotatable bonds is 5. The minimum atomic E-state index is -1.03. The van der Waals surface area contributed by atoms with Crippen molar-refractivity contribution >= 4 is 17.6 Å². The Balaban J connectivity index is 1.98. The lowest BCUT2D eigenvalue weighted by molar-refractivity contribution is -0.120. The van der Waals surface area contributed by atoms with Crippen molar-refractivity contribution in [2.45, 2.75) is 0 Å². The van der Waals surface area contributed by atoms with E-state index in [1.165, 1.54) is 17.0 Å². The average Bonchev–Trinajstić information content (AvgIpc) is 2.53. The molecule has 0 bridgehead atoms. The molecule has 1 N–H and O–H groups in total. The van der Waals surface area contributed by atoms with Crippen LogP contribution in [0.5, 0.6) is 5.75 Å². The molecular formula is C16H15NO4. The highest BCUT2D eigenvalue weighted by molar-refractivity contribution is 5.94. The third kappa shape index (κ3) is 3.82. The maximum Gasteiger partial charge on any atom is 0.335 e. The summed E-state index contributed by atoms with van der Waals surface area (Å²) in [6, 6.07) is 15.2. The van der Waals surface area contributed by atoms with Crippen LogP contribution >= 0.6 is 0 Å². The van der Waals surface area contributed by atoms with Crippen LogP contribution in [-0.2, 0) is 4.79 Å². The molecule has 0 spiro atoms. The maximum absolute atomic E-state index is 12.0. The highest BCUT2D eigenvalue weighted by Crippen LogP contribution is 2.15. The number of hydrogen-bond donors (Lipinski definition) is 1. The Morgan fingerprint density at radius 1 is 1.10 bits per heavy atom. The molecule has 0 radical (unpaired) electrons. The molecular weight excluding hydrogens is 270 g/mol. The van der Waals surface area contributed by atoms with Gasteiger partial charge in [-0.05, 0) is 30.3 Å². The first-order valence-corrected chi connectivity index (χ1v) is 6.35. The molecule has 0 saturated carbocycles. The van der Waals surface area contributed by atoms with E-state index in [0.29, 0.717) is 5.75 Å². The summed E-state index contributed by atoms with van der Waals surface area (Å²) in [4.78, 5) is 24.4. The first kappa shape index (κ1) is 14.6. The molecule has 1 amide bonds. The predicted molar refractivity (Wildman–Crippen MR) is 78.7 cm³/mol. The fraction of sp³-hybridized carbons (Fsp3) is 0.125. The van der Waals surface area contributed by atoms with Crippen molar-refractivity contribution in [3.63, 3.8) is 0 Å². The van der Waals surface area contributed by atoms with Crippen LogP contribution in [0.3, 0.4) is 0 Å². The summed E-state index contributed by atoms with van der Waals surface area (Å²) in [6.07, 6.45) is 0. The second-order valence-electron chi connectivity index (χ2n) is 4.41. The highest BCUT2D eigenvalue weighted by atomic mass is 16.5. The molecule has 5 heteroatoms. The number of carboxylic acids is 1. The smallest absolute Gasteiger partial charge is 0.335 e. The van der Waals surface area contributed by atoms with Crippen LogP contribution in [0.25, 0.3) is 0 Å². The zero-order chi connectivity index (χ0) is 15.2. The van der Waals surface area contributed by atoms with Crippen LogP contribution in [0.1, 0.15) is 10.4 Å². The zero-order valence-corrected chi connectivity index (χ0v) is 11.5. The van der Waals surface area contributed by atoms with Crippen LogP contribution < -0.4 is 9.64 Å². The maximum atomic E-state index is 12.0. The Labute approximate surface area is 122 Å². The number of aromatic carboxylic acids is 1. The van der Waals surface area contributed by atoms with Gasteiger partial charge in [-0.25, -0.2) is 4.79 Å². The topological polar surface area (TPSA) is 66.8 Å². The molecule has 2 aromatic carbocycles. The van der Waals surface area contributed by atoms with E-state index in [-0.39, 0.29) is 18.1 Å². The molecule has 21 heavy (non-hydrogen) atoms. The van der Waals surface area contributed by atoms with Crippen LogP contribution in [0, 0.1) is 0 Å². The van der Waals surface area contributed by atoms with E-state index in [9.17, 15) is 9.59 Å². The van der Waals surface area contributed by atoms with Crippen molar-refractivity contribution in [2.24, 2.45) is 0 Å². The van der Waals surface area contributed by atoms with Crippen LogP contribution in [-0.4, -0.2) is 30.6 Å². The van der Waals surface area contributed by atoms with Gasteiger partial charge in [-0.2, -0.15) is 0 Å². The number of likely N-dealkylation sites (N-methyl/N-ethyl adjacent to an activating group) is 1. The van der Waals surface area contributed by atoms with Gasteiger partial charge in [-0.3, -0.25) is 4.79 Å². The molecule has 5 nitrogen and oxygen atoms in total. The number of amides is 1. The van der Waals surface area contributed by atoms with Crippen molar-refractivity contribution in [1.29, 1.82) is 0 Å². The summed E-state index contributed by atoms with van der Waals surface area (Å²) < 4.78 is 5.35. The largest absolute Gasteiger partial charge is 0.484 e. The van der Waals surface area contributed by atoms with Gasteiger partial charge in [-0.15, -0.1) is 0 Å². The lowest BCUT2D eigenvalue weighted by Gasteiger charge is -2.17. The molecule has 0 aliphatic heterocycles. The zero-order valence-electron chi connectivity index (χ0n) is 11.5. The minimum Gasteiger partial charge on any atom is -0.484 e. The van der Waals surface area contributed by atoms with E-state index in [2.05, 4.69) is 0 Å². The normalized spacial score (nSPS) is 9.95. The van der Waals surface area contributed by atoms with Crippen LogP contribution in [0.15, 0.2) is 54.6 Å². The van der Waals surface area contributed by atoms with Gasteiger partial charge in [0.1, 0.15) is 5.75 Å². The summed E-state index contributed by atoms with van der Waals surface area (Å²) >= 11 is 0. The summed E-state index contributed by atoms with van der Waals surface area (Å²) in [7, 11) is 1.66. The minimum absolute atomic E-state index is 0.122. The predicted octanol–water partition coefficient (Wildman–Crippen LogP) is 2.43. The molecule has 2 aromatic rings. The second-order valence-corrected chi connectivity index (χ2v) is 4.41. The van der Waals surface area contributed by atoms with Gasteiger partial charge in [-0.1, -0.05) is 24.3 Å². The van der Waals surface area contributed by atoms with Crippen molar-refractivity contribution in [3.05, 3.63) is 60.2 Å². The molecule has 0 aliphatic carbocycles. The van der Waals surface area contributed by atoms with Gasteiger partial charge in [0.2, 0.25) is 0 Å². The second kappa shape index (κ2) is 6.56. The monoisotopic (exact) mass is 285 g/mol. The van der Waals surface area contributed by atoms with E-state index in [1.54, 1.807) is 19.2 Å². The van der Waals surface area contributed by atoms with Crippen molar-refractivity contribution in [1.82, 2.24) is 0 Å². The number of hydrogen-bond acceptors (Lipinski definition) is 3. The molecule has 0 aromatic heterocycles. The van der Waals surface area contributed by atoms with Crippen molar-refractivity contribution in [2.75, 3.05) is 18.6 Å². The van der Waals surface area contributed by atoms with Gasteiger partial charge in [0.15, 0.2) is 6.61 Å². The average molecular weight is 285 g/mol. The van der Waals surface area contributed by atoms with E-state index >= 15 is 0 Å². The fourth-order valence-corrected chi connectivity index (χ4v) is 1.76. The Morgan fingerprint density at radius 2 is 1.81 bits per heavy atom. The Hall–Kier alpha value is -2.82. The Kier molecular flexibility index (Phi) is 4.56. The highest BCUT2D eigenvalue weighted by Gasteiger charge is 2.12. The lowest BCUT2D eigenvalue weighted by Crippen LogP contribution is -2.31. The number of para-hydroxylation sites is 1. The van der Waals surface area contributed by atoms with Crippen LogP contribution in [0.2, 0.25) is 0 Å². The summed E-state index contributed by atoms with van der Waals surface area (Å²) in [6.45, 7) is -0.158. The molecule has 0 unspecified atom stereocenters.